The minimum atomic E-state index is -0.248. The maximum atomic E-state index is 12.9. The molecule has 0 aliphatic heterocycles. The summed E-state index contributed by atoms with van der Waals surface area (Å²) in [5, 5.41) is 14.9. The first-order chi connectivity index (χ1) is 13.8. The summed E-state index contributed by atoms with van der Waals surface area (Å²) in [6.45, 7) is 6.12. The van der Waals surface area contributed by atoms with Crippen LogP contribution in [0.3, 0.4) is 0 Å². The monoisotopic (exact) mass is 390 g/mol. The molecule has 2 aromatic heterocycles. The number of aromatic amines is 1. The van der Waals surface area contributed by atoms with Crippen molar-refractivity contribution in [2.24, 2.45) is 5.92 Å². The fraction of sp³-hybridized carbons (Fsp3) is 0.364. The van der Waals surface area contributed by atoms with Gasteiger partial charge in [0.2, 0.25) is 0 Å². The van der Waals surface area contributed by atoms with E-state index in [-0.39, 0.29) is 17.2 Å². The Morgan fingerprint density at radius 1 is 1.28 bits per heavy atom. The highest BCUT2D eigenvalue weighted by Gasteiger charge is 2.39. The summed E-state index contributed by atoms with van der Waals surface area (Å²) >= 11 is 0. The van der Waals surface area contributed by atoms with Crippen molar-refractivity contribution < 1.29 is 4.79 Å². The van der Waals surface area contributed by atoms with Crippen LogP contribution in [0.4, 0.5) is 5.69 Å². The smallest absolute Gasteiger partial charge is 0.255 e. The van der Waals surface area contributed by atoms with Gasteiger partial charge in [-0.25, -0.2) is 9.97 Å². The standard InChI is InChI=1S/C22H26N6O/c1-12-5-8-14(16(9-12)24-4)18(23)17-11-26-20-19(27-17)15(10-25-20)21(29)28-22(2,3)13-6-7-13/h5,8-11,13,23-24H,6-7H2,1-4H3,(H,25,26)(H,28,29). The number of carbonyl (C=O) groups is 1. The van der Waals surface area contributed by atoms with Gasteiger partial charge >= 0.3 is 0 Å². The molecular weight excluding hydrogens is 364 g/mol. The van der Waals surface area contributed by atoms with Crippen LogP contribution < -0.4 is 10.6 Å². The van der Waals surface area contributed by atoms with E-state index in [9.17, 15) is 4.79 Å². The van der Waals surface area contributed by atoms with Gasteiger partial charge in [-0.1, -0.05) is 12.1 Å². The lowest BCUT2D eigenvalue weighted by Gasteiger charge is -2.25. The maximum absolute atomic E-state index is 12.9. The van der Waals surface area contributed by atoms with Crippen LogP contribution in [0.15, 0.2) is 30.6 Å². The molecule has 4 rings (SSSR count). The van der Waals surface area contributed by atoms with Crippen molar-refractivity contribution in [1.29, 1.82) is 5.41 Å². The molecular formula is C22H26N6O. The first-order valence-corrected chi connectivity index (χ1v) is 9.84. The molecule has 150 valence electrons. The van der Waals surface area contributed by atoms with E-state index in [1.165, 1.54) is 0 Å². The SMILES string of the molecule is CNc1cc(C)ccc1C(=N)c1cnc2[nH]cc(C(=O)NC(C)(C)C3CC3)c2n1. The first kappa shape index (κ1) is 19.1. The number of benzene rings is 1. The van der Waals surface area contributed by atoms with Crippen molar-refractivity contribution in [1.82, 2.24) is 20.3 Å². The van der Waals surface area contributed by atoms with Crippen LogP contribution in [0.1, 0.15) is 53.9 Å². The topological polar surface area (TPSA) is 107 Å². The average molecular weight is 390 g/mol. The number of aromatic nitrogens is 3. The number of anilines is 1. The number of hydrogen-bond donors (Lipinski definition) is 4. The van der Waals surface area contributed by atoms with E-state index in [2.05, 4.69) is 39.4 Å². The molecule has 0 atom stereocenters. The normalized spacial score (nSPS) is 14.1. The third-order valence-electron chi connectivity index (χ3n) is 5.63. The Kier molecular flexibility index (Phi) is 4.61. The second-order valence-electron chi connectivity index (χ2n) is 8.28. The maximum Gasteiger partial charge on any atom is 0.255 e. The van der Waals surface area contributed by atoms with Crippen LogP contribution in [-0.2, 0) is 0 Å². The van der Waals surface area contributed by atoms with Gasteiger partial charge in [0, 0.05) is 30.0 Å². The Bertz CT molecular complexity index is 1110. The molecule has 1 saturated carbocycles. The van der Waals surface area contributed by atoms with Gasteiger partial charge in [0.1, 0.15) is 11.2 Å². The van der Waals surface area contributed by atoms with Gasteiger partial charge in [0.15, 0.2) is 5.65 Å². The van der Waals surface area contributed by atoms with Gasteiger partial charge in [-0.05, 0) is 51.2 Å². The zero-order valence-electron chi connectivity index (χ0n) is 17.2. The summed E-state index contributed by atoms with van der Waals surface area (Å²) in [5.74, 6) is 0.352. The zero-order valence-corrected chi connectivity index (χ0v) is 17.2. The molecule has 3 aromatic rings. The minimum absolute atomic E-state index is 0.169. The van der Waals surface area contributed by atoms with Gasteiger partial charge in [0.25, 0.3) is 5.91 Å². The number of amides is 1. The second kappa shape index (κ2) is 6.99. The summed E-state index contributed by atoms with van der Waals surface area (Å²) in [6.07, 6.45) is 5.50. The molecule has 0 unspecified atom stereocenters. The Balaban J connectivity index is 1.68. The second-order valence-corrected chi connectivity index (χ2v) is 8.28. The lowest BCUT2D eigenvalue weighted by atomic mass is 9.98. The van der Waals surface area contributed by atoms with Gasteiger partial charge in [-0.2, -0.15) is 0 Å². The summed E-state index contributed by atoms with van der Waals surface area (Å²) in [7, 11) is 1.83. The van der Waals surface area contributed by atoms with Gasteiger partial charge in [-0.3, -0.25) is 10.2 Å². The largest absolute Gasteiger partial charge is 0.388 e. The van der Waals surface area contributed by atoms with Gasteiger partial charge < -0.3 is 15.6 Å². The average Bonchev–Trinajstić information content (AvgIpc) is 3.47. The Morgan fingerprint density at radius 2 is 2.03 bits per heavy atom. The quantitative estimate of drug-likeness (QED) is 0.482. The highest BCUT2D eigenvalue weighted by Crippen LogP contribution is 2.39. The van der Waals surface area contributed by atoms with Crippen LogP contribution in [0.25, 0.3) is 11.2 Å². The molecule has 4 N–H and O–H groups in total. The molecule has 0 saturated heterocycles. The highest BCUT2D eigenvalue weighted by molar-refractivity contribution is 6.14. The van der Waals surface area contributed by atoms with Crippen LogP contribution in [0.5, 0.6) is 0 Å². The number of fused-ring (bicyclic) bond motifs is 1. The van der Waals surface area contributed by atoms with Gasteiger partial charge in [0.05, 0.1) is 17.5 Å². The number of aryl methyl sites for hydroxylation is 1. The molecule has 2 heterocycles. The summed E-state index contributed by atoms with van der Waals surface area (Å²) in [5.41, 5.74) is 4.61. The third-order valence-corrected chi connectivity index (χ3v) is 5.63. The zero-order chi connectivity index (χ0) is 20.8. The van der Waals surface area contributed by atoms with E-state index in [1.807, 2.05) is 32.2 Å². The molecule has 0 spiro atoms. The van der Waals surface area contributed by atoms with E-state index in [1.54, 1.807) is 12.4 Å². The lowest BCUT2D eigenvalue weighted by Crippen LogP contribution is -2.45. The van der Waals surface area contributed by atoms with Crippen LogP contribution in [-0.4, -0.2) is 39.2 Å². The van der Waals surface area contributed by atoms with Crippen molar-refractivity contribution in [2.75, 3.05) is 12.4 Å². The first-order valence-electron chi connectivity index (χ1n) is 9.84. The van der Waals surface area contributed by atoms with Crippen LogP contribution in [0.2, 0.25) is 0 Å². The molecule has 1 aliphatic rings. The molecule has 1 fully saturated rings. The minimum Gasteiger partial charge on any atom is -0.388 e. The van der Waals surface area contributed by atoms with E-state index in [0.717, 1.165) is 29.7 Å². The summed E-state index contributed by atoms with van der Waals surface area (Å²) in [6, 6.07) is 5.86. The van der Waals surface area contributed by atoms with E-state index in [4.69, 9.17) is 5.41 Å². The number of rotatable bonds is 6. The van der Waals surface area contributed by atoms with E-state index in [0.29, 0.717) is 28.3 Å². The van der Waals surface area contributed by atoms with Crippen molar-refractivity contribution in [3.63, 3.8) is 0 Å². The van der Waals surface area contributed by atoms with Crippen molar-refractivity contribution in [3.8, 4) is 0 Å². The molecule has 1 aromatic carbocycles. The van der Waals surface area contributed by atoms with Crippen LogP contribution >= 0.6 is 0 Å². The van der Waals surface area contributed by atoms with E-state index < -0.39 is 0 Å². The number of nitrogens with one attached hydrogen (secondary N) is 4. The Labute approximate surface area is 169 Å². The summed E-state index contributed by atoms with van der Waals surface area (Å²) in [4.78, 5) is 24.9. The third kappa shape index (κ3) is 3.60. The molecule has 7 nitrogen and oxygen atoms in total. The summed E-state index contributed by atoms with van der Waals surface area (Å²) < 4.78 is 0. The fourth-order valence-electron chi connectivity index (χ4n) is 3.67. The predicted molar refractivity (Wildman–Crippen MR) is 115 cm³/mol. The number of carbonyl (C=O) groups excluding carboxylic acids is 1. The van der Waals surface area contributed by atoms with Crippen molar-refractivity contribution in [3.05, 3.63) is 53.0 Å². The van der Waals surface area contributed by atoms with Crippen molar-refractivity contribution in [2.45, 2.75) is 39.2 Å². The highest BCUT2D eigenvalue weighted by atomic mass is 16.1. The molecule has 7 heteroatoms. The Morgan fingerprint density at radius 3 is 2.72 bits per heavy atom. The Hall–Kier alpha value is -3.22. The van der Waals surface area contributed by atoms with E-state index >= 15 is 0 Å². The predicted octanol–water partition coefficient (Wildman–Crippen LogP) is 3.64. The molecule has 0 bridgehead atoms. The van der Waals surface area contributed by atoms with Crippen LogP contribution in [0, 0.1) is 18.3 Å². The molecule has 29 heavy (non-hydrogen) atoms. The fourth-order valence-corrected chi connectivity index (χ4v) is 3.67. The van der Waals surface area contributed by atoms with Gasteiger partial charge in [-0.15, -0.1) is 0 Å². The molecule has 0 radical (unpaired) electrons. The lowest BCUT2D eigenvalue weighted by molar-refractivity contribution is 0.0905. The molecule has 1 amide bonds. The number of nitrogens with zero attached hydrogens (tertiary/aromatic N) is 2. The number of hydrogen-bond acceptors (Lipinski definition) is 5. The van der Waals surface area contributed by atoms with Crippen molar-refractivity contribution >= 4 is 28.5 Å². The molecule has 1 aliphatic carbocycles. The number of H-pyrrole nitrogens is 1.